The normalized spacial score (nSPS) is 19.7. The molecule has 2 aromatic rings. The van der Waals surface area contributed by atoms with E-state index in [1.807, 2.05) is 36.4 Å². The largest absolute Gasteiger partial charge is 0.327 e. The van der Waals surface area contributed by atoms with Gasteiger partial charge < -0.3 is 10.2 Å². The van der Waals surface area contributed by atoms with Crippen LogP contribution in [0.2, 0.25) is 5.02 Å². The Balaban J connectivity index is 1.75. The minimum Gasteiger partial charge on any atom is -0.327 e. The summed E-state index contributed by atoms with van der Waals surface area (Å²) in [6.07, 6.45) is 0. The van der Waals surface area contributed by atoms with Crippen LogP contribution in [0.1, 0.15) is 11.6 Å². The molecule has 0 spiro atoms. The van der Waals surface area contributed by atoms with E-state index < -0.39 is 6.04 Å². The number of rotatable bonds is 2. The summed E-state index contributed by atoms with van der Waals surface area (Å²) in [6.45, 7) is 0.354. The van der Waals surface area contributed by atoms with E-state index in [4.69, 9.17) is 11.6 Å². The third-order valence-electron chi connectivity index (χ3n) is 4.70. The molecule has 4 rings (SSSR count). The standard InChI is InChI=1S/C19H15BrClN3O2/c1-23-15-10-24(14-8-6-13(21)7-9-14)18(25)16(15)17(22-19(23)26)11-2-4-12(20)5-3-11/h2-9,17H,10H2,1H3,(H,22,26)/t17-/m0/s1. The van der Waals surface area contributed by atoms with Crippen molar-refractivity contribution in [1.82, 2.24) is 10.2 Å². The number of nitrogens with one attached hydrogen (secondary N) is 1. The average molecular weight is 433 g/mol. The van der Waals surface area contributed by atoms with Crippen LogP contribution in [0.3, 0.4) is 0 Å². The van der Waals surface area contributed by atoms with Gasteiger partial charge in [0.2, 0.25) is 0 Å². The number of likely N-dealkylation sites (N-methyl/N-ethyl adjacent to an activating group) is 1. The number of anilines is 1. The number of hydrogen-bond donors (Lipinski definition) is 1. The third kappa shape index (κ3) is 2.79. The van der Waals surface area contributed by atoms with Crippen molar-refractivity contribution in [2.24, 2.45) is 0 Å². The van der Waals surface area contributed by atoms with Crippen LogP contribution in [-0.2, 0) is 4.79 Å². The van der Waals surface area contributed by atoms with Gasteiger partial charge in [0.1, 0.15) is 0 Å². The maximum absolute atomic E-state index is 13.2. The molecule has 0 saturated carbocycles. The fraction of sp³-hybridized carbons (Fsp3) is 0.158. The van der Waals surface area contributed by atoms with Gasteiger partial charge in [-0.2, -0.15) is 0 Å². The molecule has 0 radical (unpaired) electrons. The molecule has 26 heavy (non-hydrogen) atoms. The molecule has 1 atom stereocenters. The number of carbonyl (C=O) groups is 2. The van der Waals surface area contributed by atoms with Crippen molar-refractivity contribution < 1.29 is 9.59 Å². The summed E-state index contributed by atoms with van der Waals surface area (Å²) in [5.41, 5.74) is 2.95. The second kappa shape index (κ2) is 6.45. The Kier molecular flexibility index (Phi) is 4.25. The average Bonchev–Trinajstić information content (AvgIpc) is 2.97. The van der Waals surface area contributed by atoms with Gasteiger partial charge in [0.25, 0.3) is 5.91 Å². The predicted octanol–water partition coefficient (Wildman–Crippen LogP) is 4.10. The molecule has 0 saturated heterocycles. The van der Waals surface area contributed by atoms with Crippen molar-refractivity contribution in [3.05, 3.63) is 74.9 Å². The Hall–Kier alpha value is -2.31. The number of urea groups is 1. The van der Waals surface area contributed by atoms with E-state index in [0.29, 0.717) is 17.1 Å². The molecule has 0 aliphatic carbocycles. The highest BCUT2D eigenvalue weighted by Gasteiger charge is 2.43. The van der Waals surface area contributed by atoms with E-state index in [2.05, 4.69) is 21.2 Å². The van der Waals surface area contributed by atoms with Crippen LogP contribution in [0.4, 0.5) is 10.5 Å². The molecule has 0 bridgehead atoms. The topological polar surface area (TPSA) is 52.7 Å². The monoisotopic (exact) mass is 431 g/mol. The van der Waals surface area contributed by atoms with Crippen molar-refractivity contribution in [2.45, 2.75) is 6.04 Å². The maximum Gasteiger partial charge on any atom is 0.322 e. The van der Waals surface area contributed by atoms with Crippen LogP contribution >= 0.6 is 27.5 Å². The van der Waals surface area contributed by atoms with E-state index in [0.717, 1.165) is 21.4 Å². The minimum absolute atomic E-state index is 0.109. The number of carbonyl (C=O) groups excluding carboxylic acids is 2. The quantitative estimate of drug-likeness (QED) is 0.777. The molecule has 2 heterocycles. The second-order valence-electron chi connectivity index (χ2n) is 6.22. The maximum atomic E-state index is 13.2. The molecule has 3 amide bonds. The lowest BCUT2D eigenvalue weighted by molar-refractivity contribution is -0.114. The van der Waals surface area contributed by atoms with Crippen LogP contribution in [0.5, 0.6) is 0 Å². The zero-order chi connectivity index (χ0) is 18.4. The van der Waals surface area contributed by atoms with E-state index in [-0.39, 0.29) is 11.9 Å². The highest BCUT2D eigenvalue weighted by atomic mass is 79.9. The summed E-state index contributed by atoms with van der Waals surface area (Å²) in [6, 6.07) is 14.0. The molecule has 7 heteroatoms. The van der Waals surface area contributed by atoms with Gasteiger partial charge in [0.05, 0.1) is 23.9 Å². The summed E-state index contributed by atoms with van der Waals surface area (Å²) >= 11 is 9.37. The molecule has 1 N–H and O–H groups in total. The molecule has 2 aliphatic rings. The van der Waals surface area contributed by atoms with Crippen molar-refractivity contribution in [2.75, 3.05) is 18.5 Å². The van der Waals surface area contributed by atoms with Crippen LogP contribution in [0, 0.1) is 0 Å². The zero-order valence-corrected chi connectivity index (χ0v) is 16.2. The first-order valence-corrected chi connectivity index (χ1v) is 9.23. The van der Waals surface area contributed by atoms with Gasteiger partial charge in [-0.25, -0.2) is 4.79 Å². The Morgan fingerprint density at radius 3 is 2.38 bits per heavy atom. The number of hydrogen-bond acceptors (Lipinski definition) is 2. The lowest BCUT2D eigenvalue weighted by Crippen LogP contribution is -2.45. The molecular formula is C19H15BrClN3O2. The second-order valence-corrected chi connectivity index (χ2v) is 7.57. The van der Waals surface area contributed by atoms with Crippen LogP contribution in [0.25, 0.3) is 0 Å². The fourth-order valence-corrected chi connectivity index (χ4v) is 3.69. The number of amides is 3. The summed E-state index contributed by atoms with van der Waals surface area (Å²) in [4.78, 5) is 28.8. The highest BCUT2D eigenvalue weighted by molar-refractivity contribution is 9.10. The number of nitrogens with zero attached hydrogens (tertiary/aromatic N) is 2. The molecule has 0 aromatic heterocycles. The van der Waals surface area contributed by atoms with Crippen molar-refractivity contribution in [3.63, 3.8) is 0 Å². The molecule has 2 aromatic carbocycles. The lowest BCUT2D eigenvalue weighted by atomic mass is 9.96. The fourth-order valence-electron chi connectivity index (χ4n) is 3.30. The first kappa shape index (κ1) is 17.1. The lowest BCUT2D eigenvalue weighted by Gasteiger charge is -2.31. The first-order chi connectivity index (χ1) is 12.5. The molecular weight excluding hydrogens is 418 g/mol. The van der Waals surface area contributed by atoms with E-state index in [1.54, 1.807) is 24.1 Å². The summed E-state index contributed by atoms with van der Waals surface area (Å²) in [5, 5.41) is 3.54. The summed E-state index contributed by atoms with van der Waals surface area (Å²) in [7, 11) is 1.68. The van der Waals surface area contributed by atoms with Gasteiger partial charge in [-0.15, -0.1) is 0 Å². The number of benzene rings is 2. The van der Waals surface area contributed by atoms with E-state index in [9.17, 15) is 9.59 Å². The van der Waals surface area contributed by atoms with Crippen LogP contribution in [0.15, 0.2) is 64.3 Å². The Bertz CT molecular complexity index is 925. The van der Waals surface area contributed by atoms with Gasteiger partial charge >= 0.3 is 6.03 Å². The SMILES string of the molecule is CN1C(=O)N[C@@H](c2ccc(Br)cc2)C2=C1CN(c1ccc(Cl)cc1)C2=O. The Morgan fingerprint density at radius 2 is 1.73 bits per heavy atom. The number of halogens is 2. The van der Waals surface area contributed by atoms with Crippen LogP contribution < -0.4 is 10.2 Å². The van der Waals surface area contributed by atoms with Crippen molar-refractivity contribution in [1.29, 1.82) is 0 Å². The Morgan fingerprint density at radius 1 is 1.08 bits per heavy atom. The highest BCUT2D eigenvalue weighted by Crippen LogP contribution is 2.37. The smallest absolute Gasteiger partial charge is 0.322 e. The van der Waals surface area contributed by atoms with Gasteiger partial charge in [-0.3, -0.25) is 9.69 Å². The van der Waals surface area contributed by atoms with Crippen molar-refractivity contribution >= 4 is 45.2 Å². The van der Waals surface area contributed by atoms with Gasteiger partial charge in [0, 0.05) is 22.2 Å². The molecule has 2 aliphatic heterocycles. The third-order valence-corrected chi connectivity index (χ3v) is 5.48. The van der Waals surface area contributed by atoms with Crippen molar-refractivity contribution in [3.8, 4) is 0 Å². The molecule has 0 unspecified atom stereocenters. The molecule has 0 fully saturated rings. The predicted molar refractivity (Wildman–Crippen MR) is 104 cm³/mol. The molecule has 132 valence electrons. The van der Waals surface area contributed by atoms with Gasteiger partial charge in [-0.1, -0.05) is 39.7 Å². The van der Waals surface area contributed by atoms with E-state index in [1.165, 1.54) is 4.90 Å². The van der Waals surface area contributed by atoms with Gasteiger partial charge in [-0.05, 0) is 42.0 Å². The summed E-state index contributed by atoms with van der Waals surface area (Å²) < 4.78 is 0.940. The Labute approximate surface area is 164 Å². The zero-order valence-electron chi connectivity index (χ0n) is 13.9. The summed E-state index contributed by atoms with van der Waals surface area (Å²) in [5.74, 6) is -0.109. The van der Waals surface area contributed by atoms with Gasteiger partial charge in [0.15, 0.2) is 0 Å². The van der Waals surface area contributed by atoms with Crippen LogP contribution in [-0.4, -0.2) is 30.4 Å². The molecule has 5 nitrogen and oxygen atoms in total. The van der Waals surface area contributed by atoms with E-state index >= 15 is 0 Å². The minimum atomic E-state index is -0.466. The first-order valence-electron chi connectivity index (χ1n) is 8.06.